The Balaban J connectivity index is 0.00000180. The van der Waals surface area contributed by atoms with Gasteiger partial charge in [-0.2, -0.15) is 0 Å². The summed E-state index contributed by atoms with van der Waals surface area (Å²) >= 11 is 0. The number of aliphatic hydroxyl groups is 1. The SMILES string of the molecule is Cl.N[C@H](c1ccccc1F)[C@@H](O)Cc1ccccc1. The molecule has 0 fully saturated rings. The lowest BCUT2D eigenvalue weighted by Crippen LogP contribution is -2.28. The quantitative estimate of drug-likeness (QED) is 0.905. The molecule has 19 heavy (non-hydrogen) atoms. The summed E-state index contributed by atoms with van der Waals surface area (Å²) in [6.45, 7) is 0. The van der Waals surface area contributed by atoms with Gasteiger partial charge in [0.2, 0.25) is 0 Å². The minimum atomic E-state index is -0.802. The van der Waals surface area contributed by atoms with Crippen molar-refractivity contribution in [2.24, 2.45) is 5.73 Å². The molecular formula is C15H17ClFNO. The Morgan fingerprint density at radius 1 is 1.00 bits per heavy atom. The molecule has 0 radical (unpaired) electrons. The predicted molar refractivity (Wildman–Crippen MR) is 76.7 cm³/mol. The minimum absolute atomic E-state index is 0. The molecule has 2 rings (SSSR count). The average Bonchev–Trinajstić information content (AvgIpc) is 2.39. The summed E-state index contributed by atoms with van der Waals surface area (Å²) in [7, 11) is 0. The van der Waals surface area contributed by atoms with E-state index in [0.717, 1.165) is 5.56 Å². The van der Waals surface area contributed by atoms with Gasteiger partial charge >= 0.3 is 0 Å². The van der Waals surface area contributed by atoms with Crippen LogP contribution in [0.1, 0.15) is 17.2 Å². The number of aliphatic hydroxyl groups excluding tert-OH is 1. The van der Waals surface area contributed by atoms with E-state index in [9.17, 15) is 9.50 Å². The number of hydrogen-bond acceptors (Lipinski definition) is 2. The molecule has 0 amide bonds. The van der Waals surface area contributed by atoms with Crippen LogP contribution in [0, 0.1) is 5.82 Å². The Kier molecular flexibility index (Phi) is 5.96. The number of hydrogen-bond donors (Lipinski definition) is 2. The highest BCUT2D eigenvalue weighted by Gasteiger charge is 2.19. The molecule has 0 saturated carbocycles. The molecule has 102 valence electrons. The van der Waals surface area contributed by atoms with Gasteiger partial charge in [0, 0.05) is 12.0 Å². The Morgan fingerprint density at radius 2 is 1.58 bits per heavy atom. The lowest BCUT2D eigenvalue weighted by atomic mass is 9.96. The van der Waals surface area contributed by atoms with Crippen molar-refractivity contribution in [1.29, 1.82) is 0 Å². The minimum Gasteiger partial charge on any atom is -0.391 e. The van der Waals surface area contributed by atoms with E-state index >= 15 is 0 Å². The number of halogens is 2. The molecule has 0 bridgehead atoms. The lowest BCUT2D eigenvalue weighted by Gasteiger charge is -2.19. The second kappa shape index (κ2) is 7.24. The van der Waals surface area contributed by atoms with Crippen LogP contribution in [0.2, 0.25) is 0 Å². The maximum absolute atomic E-state index is 13.5. The van der Waals surface area contributed by atoms with Crippen molar-refractivity contribution in [3.8, 4) is 0 Å². The van der Waals surface area contributed by atoms with Crippen molar-refractivity contribution in [2.75, 3.05) is 0 Å². The maximum Gasteiger partial charge on any atom is 0.128 e. The molecule has 2 atom stereocenters. The molecule has 2 nitrogen and oxygen atoms in total. The Hall–Kier alpha value is -1.42. The van der Waals surface area contributed by atoms with Crippen LogP contribution in [-0.2, 0) is 6.42 Å². The molecule has 0 heterocycles. The average molecular weight is 282 g/mol. The molecule has 0 spiro atoms. The number of benzene rings is 2. The highest BCUT2D eigenvalue weighted by atomic mass is 35.5. The zero-order valence-corrected chi connectivity index (χ0v) is 11.2. The third-order valence-electron chi connectivity index (χ3n) is 2.97. The highest BCUT2D eigenvalue weighted by Crippen LogP contribution is 2.20. The third-order valence-corrected chi connectivity index (χ3v) is 2.97. The van der Waals surface area contributed by atoms with Crippen LogP contribution in [0.15, 0.2) is 54.6 Å². The first kappa shape index (κ1) is 15.6. The summed E-state index contributed by atoms with van der Waals surface area (Å²) in [6.07, 6.45) is -0.389. The summed E-state index contributed by atoms with van der Waals surface area (Å²) < 4.78 is 13.5. The van der Waals surface area contributed by atoms with Crippen molar-refractivity contribution in [2.45, 2.75) is 18.6 Å². The highest BCUT2D eigenvalue weighted by molar-refractivity contribution is 5.85. The topological polar surface area (TPSA) is 46.2 Å². The molecule has 0 aromatic heterocycles. The van der Waals surface area contributed by atoms with Crippen molar-refractivity contribution >= 4 is 12.4 Å². The van der Waals surface area contributed by atoms with Crippen LogP contribution in [0.4, 0.5) is 4.39 Å². The Labute approximate surface area is 118 Å². The van der Waals surface area contributed by atoms with E-state index in [-0.39, 0.29) is 18.2 Å². The van der Waals surface area contributed by atoms with E-state index in [0.29, 0.717) is 12.0 Å². The lowest BCUT2D eigenvalue weighted by molar-refractivity contribution is 0.143. The Morgan fingerprint density at radius 3 is 2.21 bits per heavy atom. The molecule has 3 N–H and O–H groups in total. The van der Waals surface area contributed by atoms with E-state index in [1.165, 1.54) is 6.07 Å². The van der Waals surface area contributed by atoms with Gasteiger partial charge < -0.3 is 10.8 Å². The van der Waals surface area contributed by atoms with Crippen LogP contribution < -0.4 is 5.73 Å². The van der Waals surface area contributed by atoms with Gasteiger partial charge in [-0.3, -0.25) is 0 Å². The first-order valence-electron chi connectivity index (χ1n) is 5.90. The second-order valence-corrected chi connectivity index (χ2v) is 4.30. The molecule has 4 heteroatoms. The molecule has 0 aliphatic rings. The second-order valence-electron chi connectivity index (χ2n) is 4.30. The van der Waals surface area contributed by atoms with Crippen molar-refractivity contribution in [1.82, 2.24) is 0 Å². The van der Waals surface area contributed by atoms with Gasteiger partial charge in [-0.15, -0.1) is 12.4 Å². The fourth-order valence-corrected chi connectivity index (χ4v) is 1.94. The van der Waals surface area contributed by atoms with E-state index in [1.807, 2.05) is 30.3 Å². The monoisotopic (exact) mass is 281 g/mol. The van der Waals surface area contributed by atoms with E-state index in [1.54, 1.807) is 18.2 Å². The summed E-state index contributed by atoms with van der Waals surface area (Å²) in [5, 5.41) is 10.1. The van der Waals surface area contributed by atoms with E-state index < -0.39 is 12.1 Å². The normalized spacial score (nSPS) is 13.4. The largest absolute Gasteiger partial charge is 0.391 e. The zero-order valence-electron chi connectivity index (χ0n) is 10.4. The maximum atomic E-state index is 13.5. The van der Waals surface area contributed by atoms with Crippen LogP contribution in [0.25, 0.3) is 0 Å². The summed E-state index contributed by atoms with van der Waals surface area (Å²) in [6, 6.07) is 15.1. The van der Waals surface area contributed by atoms with Gasteiger partial charge in [-0.1, -0.05) is 48.5 Å². The van der Waals surface area contributed by atoms with Gasteiger partial charge in [0.25, 0.3) is 0 Å². The number of nitrogens with two attached hydrogens (primary N) is 1. The van der Waals surface area contributed by atoms with E-state index in [2.05, 4.69) is 0 Å². The van der Waals surface area contributed by atoms with Crippen LogP contribution in [0.5, 0.6) is 0 Å². The van der Waals surface area contributed by atoms with Crippen molar-refractivity contribution in [3.05, 3.63) is 71.5 Å². The fourth-order valence-electron chi connectivity index (χ4n) is 1.94. The van der Waals surface area contributed by atoms with Crippen LogP contribution in [-0.4, -0.2) is 11.2 Å². The summed E-state index contributed by atoms with van der Waals surface area (Å²) in [4.78, 5) is 0. The molecule has 0 unspecified atom stereocenters. The fraction of sp³-hybridized carbons (Fsp3) is 0.200. The van der Waals surface area contributed by atoms with Crippen molar-refractivity contribution in [3.63, 3.8) is 0 Å². The molecule has 2 aromatic carbocycles. The van der Waals surface area contributed by atoms with Gasteiger partial charge in [0.05, 0.1) is 12.1 Å². The smallest absolute Gasteiger partial charge is 0.128 e. The first-order valence-corrected chi connectivity index (χ1v) is 5.90. The van der Waals surface area contributed by atoms with Gasteiger partial charge in [-0.25, -0.2) is 4.39 Å². The van der Waals surface area contributed by atoms with Crippen LogP contribution >= 0.6 is 12.4 Å². The molecular weight excluding hydrogens is 265 g/mol. The number of rotatable bonds is 4. The van der Waals surface area contributed by atoms with Gasteiger partial charge in [0.15, 0.2) is 0 Å². The first-order chi connectivity index (χ1) is 8.68. The summed E-state index contributed by atoms with van der Waals surface area (Å²) in [5.41, 5.74) is 7.23. The van der Waals surface area contributed by atoms with Crippen LogP contribution in [0.3, 0.4) is 0 Å². The van der Waals surface area contributed by atoms with Crippen molar-refractivity contribution < 1.29 is 9.50 Å². The zero-order chi connectivity index (χ0) is 13.0. The molecule has 2 aromatic rings. The van der Waals surface area contributed by atoms with Gasteiger partial charge in [-0.05, 0) is 11.6 Å². The van der Waals surface area contributed by atoms with E-state index in [4.69, 9.17) is 5.73 Å². The standard InChI is InChI=1S/C15H16FNO.ClH/c16-13-9-5-4-8-12(13)15(17)14(18)10-11-6-2-1-3-7-11;/h1-9,14-15,18H,10,17H2;1H/t14-,15+;/m0./s1. The predicted octanol–water partition coefficient (Wildman–Crippen LogP) is 2.85. The molecule has 0 saturated heterocycles. The summed E-state index contributed by atoms with van der Waals surface area (Å²) in [5.74, 6) is -0.378. The molecule has 0 aliphatic carbocycles. The molecule has 0 aliphatic heterocycles. The Bertz CT molecular complexity index is 507. The van der Waals surface area contributed by atoms with Gasteiger partial charge in [0.1, 0.15) is 5.82 Å². The third kappa shape index (κ3) is 4.03.